The Hall–Kier alpha value is -0.970. The van der Waals surface area contributed by atoms with Crippen LogP contribution in [0.15, 0.2) is 24.3 Å². The Labute approximate surface area is 124 Å². The summed E-state index contributed by atoms with van der Waals surface area (Å²) in [6.07, 6.45) is 1.95. The van der Waals surface area contributed by atoms with E-state index < -0.39 is 0 Å². The fourth-order valence-corrected chi connectivity index (χ4v) is 2.13. The van der Waals surface area contributed by atoms with E-state index in [9.17, 15) is 4.79 Å². The zero-order valence-corrected chi connectivity index (χ0v) is 12.1. The number of carbonyl (C=O) groups is 1. The largest absolute Gasteiger partial charge is 0.484 e. The molecular weight excluding hydrogens is 287 g/mol. The molecule has 0 spiro atoms. The van der Waals surface area contributed by atoms with Crippen LogP contribution in [-0.4, -0.2) is 36.5 Å². The van der Waals surface area contributed by atoms with Gasteiger partial charge in [0.15, 0.2) is 6.61 Å². The van der Waals surface area contributed by atoms with Gasteiger partial charge in [0.05, 0.1) is 0 Å². The summed E-state index contributed by atoms with van der Waals surface area (Å²) < 4.78 is 5.42. The summed E-state index contributed by atoms with van der Waals surface area (Å²) >= 11 is 5.77. The topological polar surface area (TPSA) is 55.6 Å². The summed E-state index contributed by atoms with van der Waals surface area (Å²) in [6, 6.07) is 7.06. The summed E-state index contributed by atoms with van der Waals surface area (Å²) in [6.45, 7) is 1.45. The van der Waals surface area contributed by atoms with E-state index in [4.69, 9.17) is 22.1 Å². The number of likely N-dealkylation sites (tertiary alicyclic amines) is 1. The molecule has 0 radical (unpaired) electrons. The second-order valence-corrected chi connectivity index (χ2v) is 4.92. The van der Waals surface area contributed by atoms with Gasteiger partial charge in [-0.1, -0.05) is 11.6 Å². The standard InChI is InChI=1S/C13H17ClN2O2.ClH/c14-10-3-5-12(6-4-10)18-9-13(17)16-7-1-2-11(15)8-16;/h3-6,11H,1-2,7-9,15H2;1H. The van der Waals surface area contributed by atoms with Crippen molar-refractivity contribution in [2.24, 2.45) is 5.73 Å². The van der Waals surface area contributed by atoms with Gasteiger partial charge in [-0.15, -0.1) is 12.4 Å². The maximum atomic E-state index is 11.9. The van der Waals surface area contributed by atoms with Crippen LogP contribution in [0.5, 0.6) is 5.75 Å². The summed E-state index contributed by atoms with van der Waals surface area (Å²) in [4.78, 5) is 13.7. The van der Waals surface area contributed by atoms with Gasteiger partial charge in [-0.05, 0) is 37.1 Å². The smallest absolute Gasteiger partial charge is 0.260 e. The van der Waals surface area contributed by atoms with Crippen molar-refractivity contribution in [1.29, 1.82) is 0 Å². The average molecular weight is 305 g/mol. The van der Waals surface area contributed by atoms with Crippen LogP contribution in [0.25, 0.3) is 0 Å². The minimum absolute atomic E-state index is 0. The van der Waals surface area contributed by atoms with Crippen molar-refractivity contribution >= 4 is 29.9 Å². The molecule has 1 aliphatic heterocycles. The van der Waals surface area contributed by atoms with Crippen molar-refractivity contribution in [1.82, 2.24) is 4.90 Å². The van der Waals surface area contributed by atoms with E-state index in [1.807, 2.05) is 0 Å². The van der Waals surface area contributed by atoms with Gasteiger partial charge in [0, 0.05) is 24.2 Å². The molecule has 1 unspecified atom stereocenters. The normalized spacial score (nSPS) is 18.6. The number of hydrogen-bond acceptors (Lipinski definition) is 3. The minimum atomic E-state index is -0.0138. The van der Waals surface area contributed by atoms with Crippen LogP contribution < -0.4 is 10.5 Å². The van der Waals surface area contributed by atoms with E-state index >= 15 is 0 Å². The molecule has 1 amide bonds. The lowest BCUT2D eigenvalue weighted by atomic mass is 10.1. The third-order valence-corrected chi connectivity index (χ3v) is 3.24. The average Bonchev–Trinajstić information content (AvgIpc) is 2.38. The van der Waals surface area contributed by atoms with Gasteiger partial charge in [0.1, 0.15) is 5.75 Å². The zero-order valence-electron chi connectivity index (χ0n) is 10.5. The molecule has 1 aromatic carbocycles. The van der Waals surface area contributed by atoms with Crippen LogP contribution in [0.4, 0.5) is 0 Å². The summed E-state index contributed by atoms with van der Waals surface area (Å²) in [7, 11) is 0. The molecule has 2 rings (SSSR count). The lowest BCUT2D eigenvalue weighted by Crippen LogP contribution is -2.47. The highest BCUT2D eigenvalue weighted by atomic mass is 35.5. The number of benzene rings is 1. The maximum Gasteiger partial charge on any atom is 0.260 e. The monoisotopic (exact) mass is 304 g/mol. The molecule has 1 fully saturated rings. The molecule has 6 heteroatoms. The van der Waals surface area contributed by atoms with Crippen LogP contribution in [0.2, 0.25) is 5.02 Å². The van der Waals surface area contributed by atoms with Crippen LogP contribution in [0.3, 0.4) is 0 Å². The van der Waals surface area contributed by atoms with E-state index in [1.54, 1.807) is 29.2 Å². The Morgan fingerprint density at radius 3 is 2.74 bits per heavy atom. The Morgan fingerprint density at radius 1 is 1.42 bits per heavy atom. The van der Waals surface area contributed by atoms with Crippen LogP contribution >= 0.6 is 24.0 Å². The third-order valence-electron chi connectivity index (χ3n) is 2.99. The number of hydrogen-bond donors (Lipinski definition) is 1. The van der Waals surface area contributed by atoms with Crippen molar-refractivity contribution in [3.63, 3.8) is 0 Å². The van der Waals surface area contributed by atoms with E-state index in [-0.39, 0.29) is 31.0 Å². The summed E-state index contributed by atoms with van der Waals surface area (Å²) in [5, 5.41) is 0.649. The highest BCUT2D eigenvalue weighted by Crippen LogP contribution is 2.16. The van der Waals surface area contributed by atoms with Gasteiger partial charge in [-0.25, -0.2) is 0 Å². The third kappa shape index (κ3) is 4.90. The molecule has 1 aromatic rings. The number of amides is 1. The lowest BCUT2D eigenvalue weighted by Gasteiger charge is -2.30. The molecule has 19 heavy (non-hydrogen) atoms. The van der Waals surface area contributed by atoms with Gasteiger partial charge in [0.25, 0.3) is 5.91 Å². The quantitative estimate of drug-likeness (QED) is 0.930. The fourth-order valence-electron chi connectivity index (χ4n) is 2.00. The lowest BCUT2D eigenvalue weighted by molar-refractivity contribution is -0.134. The fraction of sp³-hybridized carbons (Fsp3) is 0.462. The molecule has 1 saturated heterocycles. The summed E-state index contributed by atoms with van der Waals surface area (Å²) in [5.41, 5.74) is 5.84. The van der Waals surface area contributed by atoms with Crippen LogP contribution in [0.1, 0.15) is 12.8 Å². The molecular formula is C13H18Cl2N2O2. The summed E-state index contributed by atoms with van der Waals surface area (Å²) in [5.74, 6) is 0.633. The molecule has 1 atom stereocenters. The number of carbonyl (C=O) groups excluding carboxylic acids is 1. The van der Waals surface area contributed by atoms with Crippen molar-refractivity contribution in [3.05, 3.63) is 29.3 Å². The first-order valence-corrected chi connectivity index (χ1v) is 6.44. The number of nitrogens with zero attached hydrogens (tertiary/aromatic N) is 1. The van der Waals surface area contributed by atoms with Crippen molar-refractivity contribution in [2.75, 3.05) is 19.7 Å². The van der Waals surface area contributed by atoms with E-state index in [1.165, 1.54) is 0 Å². The molecule has 0 saturated carbocycles. The van der Waals surface area contributed by atoms with Gasteiger partial charge in [0.2, 0.25) is 0 Å². The second kappa shape index (κ2) is 7.58. The van der Waals surface area contributed by atoms with Crippen molar-refractivity contribution in [2.45, 2.75) is 18.9 Å². The number of piperidine rings is 1. The number of halogens is 2. The molecule has 0 bridgehead atoms. The number of nitrogens with two attached hydrogens (primary N) is 1. The van der Waals surface area contributed by atoms with Crippen molar-refractivity contribution in [3.8, 4) is 5.75 Å². The van der Waals surface area contributed by atoms with Crippen molar-refractivity contribution < 1.29 is 9.53 Å². The Balaban J connectivity index is 0.00000180. The van der Waals surface area contributed by atoms with Gasteiger partial charge >= 0.3 is 0 Å². The van der Waals surface area contributed by atoms with E-state index in [0.29, 0.717) is 17.3 Å². The predicted molar refractivity (Wildman–Crippen MR) is 78.0 cm³/mol. The van der Waals surface area contributed by atoms with Crippen LogP contribution in [0, 0.1) is 0 Å². The Morgan fingerprint density at radius 2 is 2.11 bits per heavy atom. The zero-order chi connectivity index (χ0) is 13.0. The molecule has 4 nitrogen and oxygen atoms in total. The molecule has 1 heterocycles. The number of rotatable bonds is 3. The maximum absolute atomic E-state index is 11.9. The number of ether oxygens (including phenoxy) is 1. The Kier molecular flexibility index (Phi) is 6.42. The highest BCUT2D eigenvalue weighted by Gasteiger charge is 2.21. The van der Waals surface area contributed by atoms with Crippen LogP contribution in [-0.2, 0) is 4.79 Å². The predicted octanol–water partition coefficient (Wildman–Crippen LogP) is 2.09. The van der Waals surface area contributed by atoms with Gasteiger partial charge in [-0.2, -0.15) is 0 Å². The first kappa shape index (κ1) is 16.1. The first-order chi connectivity index (χ1) is 8.65. The molecule has 106 valence electrons. The molecule has 0 aromatic heterocycles. The Bertz CT molecular complexity index is 412. The van der Waals surface area contributed by atoms with Gasteiger partial charge in [-0.3, -0.25) is 4.79 Å². The minimum Gasteiger partial charge on any atom is -0.484 e. The highest BCUT2D eigenvalue weighted by molar-refractivity contribution is 6.30. The molecule has 0 aliphatic carbocycles. The van der Waals surface area contributed by atoms with Gasteiger partial charge < -0.3 is 15.4 Å². The molecule has 2 N–H and O–H groups in total. The van der Waals surface area contributed by atoms with E-state index in [2.05, 4.69) is 0 Å². The second-order valence-electron chi connectivity index (χ2n) is 4.48. The molecule has 1 aliphatic rings. The first-order valence-electron chi connectivity index (χ1n) is 6.07. The SMILES string of the molecule is Cl.NC1CCCN(C(=O)COc2ccc(Cl)cc2)C1. The van der Waals surface area contributed by atoms with E-state index in [0.717, 1.165) is 19.4 Å².